The summed E-state index contributed by atoms with van der Waals surface area (Å²) in [6.45, 7) is 8.86. The van der Waals surface area contributed by atoms with Gasteiger partial charge in [-0.15, -0.1) is 0 Å². The number of benzene rings is 2. The first-order valence-electron chi connectivity index (χ1n) is 8.19. The third kappa shape index (κ3) is 3.49. The highest BCUT2D eigenvalue weighted by atomic mass is 19.4. The van der Waals surface area contributed by atoms with E-state index < -0.39 is 29.0 Å². The maximum atomic E-state index is 13.5. The predicted octanol–water partition coefficient (Wildman–Crippen LogP) is 5.69. The van der Waals surface area contributed by atoms with Crippen LogP contribution < -0.4 is 5.56 Å². The second-order valence-electron chi connectivity index (χ2n) is 6.03. The molecule has 0 radical (unpaired) electrons. The van der Waals surface area contributed by atoms with E-state index in [1.807, 2.05) is 6.07 Å². The van der Waals surface area contributed by atoms with Gasteiger partial charge in [-0.25, -0.2) is 4.85 Å². The van der Waals surface area contributed by atoms with Crippen molar-refractivity contribution in [1.29, 1.82) is 0 Å². The third-order valence-corrected chi connectivity index (χ3v) is 4.37. The van der Waals surface area contributed by atoms with Crippen molar-refractivity contribution in [2.45, 2.75) is 19.1 Å². The van der Waals surface area contributed by atoms with Gasteiger partial charge in [-0.1, -0.05) is 60.7 Å². The smallest absolute Gasteiger partial charge is 0.310 e. The zero-order valence-corrected chi connectivity index (χ0v) is 14.4. The lowest BCUT2D eigenvalue weighted by Crippen LogP contribution is -2.27. The molecule has 0 saturated carbocycles. The van der Waals surface area contributed by atoms with Crippen molar-refractivity contribution in [2.75, 3.05) is 0 Å². The van der Waals surface area contributed by atoms with Gasteiger partial charge in [-0.05, 0) is 24.1 Å². The first kappa shape index (κ1) is 18.5. The fourth-order valence-electron chi connectivity index (χ4n) is 3.03. The first-order chi connectivity index (χ1) is 12.8. The number of hydrogen-bond acceptors (Lipinski definition) is 1. The summed E-state index contributed by atoms with van der Waals surface area (Å²) in [5.41, 5.74) is -1.72. The molecule has 3 nitrogen and oxygen atoms in total. The largest absolute Gasteiger partial charge is 0.407 e. The van der Waals surface area contributed by atoms with Gasteiger partial charge < -0.3 is 4.57 Å². The number of rotatable bonds is 3. The number of alkyl halides is 3. The molecule has 0 aliphatic carbocycles. The molecule has 0 aliphatic heterocycles. The van der Waals surface area contributed by atoms with Crippen LogP contribution in [-0.4, -0.2) is 4.57 Å². The fraction of sp³-hybridized carbons (Fsp3) is 0.143. The Kier molecular flexibility index (Phi) is 4.87. The first-order valence-corrected chi connectivity index (χ1v) is 8.19. The van der Waals surface area contributed by atoms with Gasteiger partial charge in [0, 0.05) is 5.69 Å². The molecular weight excluding hydrogens is 353 g/mol. The van der Waals surface area contributed by atoms with E-state index >= 15 is 0 Å². The Bertz CT molecular complexity index is 1050. The average Bonchev–Trinajstić information content (AvgIpc) is 2.67. The van der Waals surface area contributed by atoms with Crippen LogP contribution in [0.2, 0.25) is 0 Å². The van der Waals surface area contributed by atoms with Crippen molar-refractivity contribution in [1.82, 2.24) is 4.57 Å². The van der Waals surface area contributed by atoms with Crippen molar-refractivity contribution in [3.63, 3.8) is 0 Å². The molecule has 0 aliphatic rings. The highest BCUT2D eigenvalue weighted by Gasteiger charge is 2.37. The highest BCUT2D eigenvalue weighted by Crippen LogP contribution is 2.38. The van der Waals surface area contributed by atoms with Crippen molar-refractivity contribution < 1.29 is 13.2 Å². The molecule has 6 heteroatoms. The van der Waals surface area contributed by atoms with Gasteiger partial charge in [-0.3, -0.25) is 4.79 Å². The monoisotopic (exact) mass is 368 g/mol. The second-order valence-corrected chi connectivity index (χ2v) is 6.03. The molecular formula is C21H15F3N2O. The molecule has 1 atom stereocenters. The van der Waals surface area contributed by atoms with Crippen molar-refractivity contribution in [3.8, 4) is 11.3 Å². The van der Waals surface area contributed by atoms with Crippen LogP contribution in [0, 0.1) is 6.57 Å². The highest BCUT2D eigenvalue weighted by molar-refractivity contribution is 5.66. The van der Waals surface area contributed by atoms with Crippen LogP contribution in [0.4, 0.5) is 18.9 Å². The number of nitrogens with zero attached hydrogens (tertiary/aromatic N) is 2. The zero-order valence-electron chi connectivity index (χ0n) is 14.4. The summed E-state index contributed by atoms with van der Waals surface area (Å²) in [5.74, 6) is 0. The Morgan fingerprint density at radius 3 is 2.07 bits per heavy atom. The molecule has 3 rings (SSSR count). The van der Waals surface area contributed by atoms with Crippen LogP contribution in [-0.2, 0) is 6.18 Å². The normalized spacial score (nSPS) is 12.4. The topological polar surface area (TPSA) is 26.4 Å². The summed E-state index contributed by atoms with van der Waals surface area (Å²) in [5, 5.41) is 0. The van der Waals surface area contributed by atoms with Crippen LogP contribution in [0.3, 0.4) is 0 Å². The number of hydrogen-bond donors (Lipinski definition) is 0. The molecule has 0 amide bonds. The standard InChI is InChI=1S/C21H15F3N2O/c1-14(15-9-5-3-6-10-15)26-18(16-11-7-4-8-12-16)13-17(21(22,23)24)19(25-2)20(26)27/h3-14H,1H3/t14-/m1/s1. The number of halogens is 3. The van der Waals surface area contributed by atoms with Crippen molar-refractivity contribution in [3.05, 3.63) is 99.6 Å². The van der Waals surface area contributed by atoms with Gasteiger partial charge in [0.2, 0.25) is 0 Å². The maximum absolute atomic E-state index is 13.5. The summed E-state index contributed by atoms with van der Waals surface area (Å²) in [7, 11) is 0. The summed E-state index contributed by atoms with van der Waals surface area (Å²) in [6, 6.07) is 17.7. The Labute approximate surface area is 154 Å². The van der Waals surface area contributed by atoms with E-state index in [0.717, 1.165) is 11.6 Å². The zero-order chi connectivity index (χ0) is 19.6. The van der Waals surface area contributed by atoms with Crippen LogP contribution >= 0.6 is 0 Å². The van der Waals surface area contributed by atoms with Crippen molar-refractivity contribution >= 4 is 5.69 Å². The Morgan fingerprint density at radius 1 is 1.00 bits per heavy atom. The third-order valence-electron chi connectivity index (χ3n) is 4.37. The van der Waals surface area contributed by atoms with E-state index in [1.165, 1.54) is 4.57 Å². The Balaban J connectivity index is 2.38. The SMILES string of the molecule is [C-]#[N+]c1c(C(F)(F)F)cc(-c2ccccc2)n([C@H](C)c2ccccc2)c1=O. The van der Waals surface area contributed by atoms with E-state index in [9.17, 15) is 18.0 Å². The summed E-state index contributed by atoms with van der Waals surface area (Å²) < 4.78 is 41.7. The fourth-order valence-corrected chi connectivity index (χ4v) is 3.03. The lowest BCUT2D eigenvalue weighted by Gasteiger charge is -2.23. The minimum atomic E-state index is -4.79. The molecule has 2 aromatic carbocycles. The second kappa shape index (κ2) is 7.12. The molecule has 136 valence electrons. The van der Waals surface area contributed by atoms with Crippen LogP contribution in [0.1, 0.15) is 24.1 Å². The lowest BCUT2D eigenvalue weighted by molar-refractivity contribution is -0.136. The molecule has 0 bridgehead atoms. The van der Waals surface area contributed by atoms with Crippen LogP contribution in [0.25, 0.3) is 16.1 Å². The minimum absolute atomic E-state index is 0.122. The van der Waals surface area contributed by atoms with Gasteiger partial charge in [0.25, 0.3) is 11.2 Å². The number of aromatic nitrogens is 1. The molecule has 0 N–H and O–H groups in total. The minimum Gasteiger partial charge on any atom is -0.310 e. The molecule has 0 spiro atoms. The molecule has 0 saturated heterocycles. The van der Waals surface area contributed by atoms with E-state index in [0.29, 0.717) is 5.56 Å². The van der Waals surface area contributed by atoms with Gasteiger partial charge in [0.05, 0.1) is 18.2 Å². The Morgan fingerprint density at radius 2 is 1.56 bits per heavy atom. The van der Waals surface area contributed by atoms with E-state index in [2.05, 4.69) is 4.85 Å². The Hall–Kier alpha value is -3.33. The van der Waals surface area contributed by atoms with Gasteiger partial charge in [0.15, 0.2) is 0 Å². The van der Waals surface area contributed by atoms with Gasteiger partial charge >= 0.3 is 6.18 Å². The molecule has 0 unspecified atom stereocenters. The molecule has 1 heterocycles. The van der Waals surface area contributed by atoms with Gasteiger partial charge in [-0.2, -0.15) is 13.2 Å². The average molecular weight is 368 g/mol. The summed E-state index contributed by atoms with van der Waals surface area (Å²) in [4.78, 5) is 15.8. The number of pyridine rings is 1. The summed E-state index contributed by atoms with van der Waals surface area (Å²) in [6.07, 6.45) is -4.79. The van der Waals surface area contributed by atoms with Crippen LogP contribution in [0.5, 0.6) is 0 Å². The maximum Gasteiger partial charge on any atom is 0.407 e. The predicted molar refractivity (Wildman–Crippen MR) is 97.7 cm³/mol. The van der Waals surface area contributed by atoms with Gasteiger partial charge in [0.1, 0.15) is 0 Å². The van der Waals surface area contributed by atoms with E-state index in [1.54, 1.807) is 61.5 Å². The van der Waals surface area contributed by atoms with E-state index in [4.69, 9.17) is 6.57 Å². The van der Waals surface area contributed by atoms with Crippen LogP contribution in [0.15, 0.2) is 71.5 Å². The summed E-state index contributed by atoms with van der Waals surface area (Å²) >= 11 is 0. The lowest BCUT2D eigenvalue weighted by atomic mass is 10.0. The van der Waals surface area contributed by atoms with E-state index in [-0.39, 0.29) is 5.69 Å². The molecule has 27 heavy (non-hydrogen) atoms. The molecule has 0 fully saturated rings. The quantitative estimate of drug-likeness (QED) is 0.545. The van der Waals surface area contributed by atoms with Crippen molar-refractivity contribution in [2.24, 2.45) is 0 Å². The molecule has 1 aromatic heterocycles. The molecule has 3 aromatic rings.